The lowest BCUT2D eigenvalue weighted by atomic mass is 9.95. The first-order valence-corrected chi connectivity index (χ1v) is 15.3. The summed E-state index contributed by atoms with van der Waals surface area (Å²) in [6.45, 7) is 8.51. The van der Waals surface area contributed by atoms with Crippen molar-refractivity contribution in [3.05, 3.63) is 124 Å². The predicted molar refractivity (Wildman–Crippen MR) is 168 cm³/mol. The van der Waals surface area contributed by atoms with Crippen LogP contribution in [0, 0.1) is 6.92 Å². The van der Waals surface area contributed by atoms with E-state index >= 15 is 0 Å². The van der Waals surface area contributed by atoms with Crippen molar-refractivity contribution in [3.63, 3.8) is 0 Å². The van der Waals surface area contributed by atoms with Crippen molar-refractivity contribution in [1.29, 1.82) is 0 Å². The summed E-state index contributed by atoms with van der Waals surface area (Å²) in [5, 5.41) is 0. The lowest BCUT2D eigenvalue weighted by molar-refractivity contribution is -0.139. The van der Waals surface area contributed by atoms with Gasteiger partial charge in [-0.25, -0.2) is 9.79 Å². The number of carbonyl (C=O) groups excluding carboxylic acids is 1. The molecule has 1 aliphatic heterocycles. The molecule has 0 saturated carbocycles. The van der Waals surface area contributed by atoms with Crippen LogP contribution in [-0.2, 0) is 16.1 Å². The number of thiazole rings is 1. The highest BCUT2D eigenvalue weighted by Gasteiger charge is 2.33. The van der Waals surface area contributed by atoms with Gasteiger partial charge in [0.2, 0.25) is 0 Å². The van der Waals surface area contributed by atoms with Gasteiger partial charge in [0, 0.05) is 0 Å². The van der Waals surface area contributed by atoms with Crippen LogP contribution in [0.15, 0.2) is 92.3 Å². The van der Waals surface area contributed by atoms with Gasteiger partial charge in [-0.2, -0.15) is 0 Å². The summed E-state index contributed by atoms with van der Waals surface area (Å²) < 4.78 is 20.2. The normalized spacial score (nSPS) is 14.8. The van der Waals surface area contributed by atoms with E-state index in [9.17, 15) is 9.59 Å². The number of ether oxygens (including phenoxy) is 3. The molecule has 1 atom stereocenters. The fourth-order valence-corrected chi connectivity index (χ4v) is 6.43. The number of aryl methyl sites for hydroxylation is 1. The second-order valence-corrected chi connectivity index (χ2v) is 11.6. The highest BCUT2D eigenvalue weighted by Crippen LogP contribution is 2.38. The van der Waals surface area contributed by atoms with E-state index in [1.54, 1.807) is 18.4 Å². The number of hydrogen-bond acceptors (Lipinski definition) is 7. The highest BCUT2D eigenvalue weighted by atomic mass is 79.9. The summed E-state index contributed by atoms with van der Waals surface area (Å²) in [4.78, 5) is 32.3. The predicted octanol–water partition coefficient (Wildman–Crippen LogP) is 5.85. The average Bonchev–Trinajstić information content (AvgIpc) is 3.27. The van der Waals surface area contributed by atoms with Crippen LogP contribution >= 0.6 is 27.3 Å². The van der Waals surface area contributed by atoms with Gasteiger partial charge in [-0.15, -0.1) is 0 Å². The van der Waals surface area contributed by atoms with Gasteiger partial charge in [0.05, 0.1) is 39.5 Å². The zero-order valence-electron chi connectivity index (χ0n) is 23.8. The van der Waals surface area contributed by atoms with Crippen molar-refractivity contribution in [2.75, 3.05) is 13.2 Å². The molecule has 42 heavy (non-hydrogen) atoms. The molecule has 5 rings (SSSR count). The molecule has 1 aromatic heterocycles. The van der Waals surface area contributed by atoms with E-state index in [0.717, 1.165) is 22.3 Å². The third-order valence-corrected chi connectivity index (χ3v) is 8.34. The van der Waals surface area contributed by atoms with Crippen LogP contribution in [0.3, 0.4) is 0 Å². The minimum atomic E-state index is -0.650. The molecule has 0 N–H and O–H groups in total. The van der Waals surface area contributed by atoms with Crippen LogP contribution in [0.1, 0.15) is 49.1 Å². The molecular formula is C33H31BrN2O5S. The van der Waals surface area contributed by atoms with Crippen molar-refractivity contribution in [2.24, 2.45) is 4.99 Å². The van der Waals surface area contributed by atoms with E-state index < -0.39 is 12.0 Å². The lowest BCUT2D eigenvalue weighted by Crippen LogP contribution is -2.39. The van der Waals surface area contributed by atoms with Gasteiger partial charge in [-0.3, -0.25) is 9.36 Å². The largest absolute Gasteiger partial charge is 0.490 e. The van der Waals surface area contributed by atoms with E-state index in [1.807, 2.05) is 86.7 Å². The number of fused-ring (bicyclic) bond motifs is 1. The maximum atomic E-state index is 14.0. The Hall–Kier alpha value is -3.95. The smallest absolute Gasteiger partial charge is 0.338 e. The summed E-state index contributed by atoms with van der Waals surface area (Å²) in [7, 11) is 0. The molecule has 0 amide bonds. The number of carbonyl (C=O) groups is 1. The molecule has 0 spiro atoms. The van der Waals surface area contributed by atoms with E-state index in [-0.39, 0.29) is 12.2 Å². The third kappa shape index (κ3) is 6.12. The SMILES string of the molecule is CCOC(=O)C1=C(C)N=c2sc(=Cc3cc(Br)c(OCc4ccccc4)c(OCC)c3)c(=O)n2C1c1ccc(C)cc1. The molecule has 1 unspecified atom stereocenters. The molecule has 9 heteroatoms. The monoisotopic (exact) mass is 646 g/mol. The van der Waals surface area contributed by atoms with Crippen LogP contribution in [0.2, 0.25) is 0 Å². The zero-order chi connectivity index (χ0) is 29.8. The third-order valence-electron chi connectivity index (χ3n) is 6.77. The maximum Gasteiger partial charge on any atom is 0.338 e. The van der Waals surface area contributed by atoms with Gasteiger partial charge in [0.1, 0.15) is 6.61 Å². The topological polar surface area (TPSA) is 79.1 Å². The Balaban J connectivity index is 1.59. The highest BCUT2D eigenvalue weighted by molar-refractivity contribution is 9.10. The Kier molecular flexibility index (Phi) is 9.09. The molecule has 7 nitrogen and oxygen atoms in total. The van der Waals surface area contributed by atoms with Gasteiger partial charge in [-0.05, 0) is 78.5 Å². The van der Waals surface area contributed by atoms with E-state index in [4.69, 9.17) is 14.2 Å². The summed E-state index contributed by atoms with van der Waals surface area (Å²) in [6.07, 6.45) is 1.81. The van der Waals surface area contributed by atoms with E-state index in [0.29, 0.717) is 49.8 Å². The molecule has 0 aliphatic carbocycles. The Morgan fingerprint density at radius 2 is 1.76 bits per heavy atom. The number of hydrogen-bond donors (Lipinski definition) is 0. The van der Waals surface area contributed by atoms with Crippen molar-refractivity contribution in [2.45, 2.75) is 40.3 Å². The second kappa shape index (κ2) is 12.9. The summed E-state index contributed by atoms with van der Waals surface area (Å²) in [6, 6.07) is 20.8. The minimum Gasteiger partial charge on any atom is -0.490 e. The first-order chi connectivity index (χ1) is 20.3. The number of nitrogens with zero attached hydrogens (tertiary/aromatic N) is 2. The number of aromatic nitrogens is 1. The Labute approximate surface area is 256 Å². The number of allylic oxidation sites excluding steroid dienone is 1. The molecule has 216 valence electrons. The van der Waals surface area contributed by atoms with Crippen LogP contribution in [0.4, 0.5) is 0 Å². The Morgan fingerprint density at radius 1 is 1.02 bits per heavy atom. The van der Waals surface area contributed by atoms with Crippen LogP contribution < -0.4 is 24.4 Å². The van der Waals surface area contributed by atoms with Gasteiger partial charge in [0.25, 0.3) is 5.56 Å². The van der Waals surface area contributed by atoms with Crippen LogP contribution in [0.25, 0.3) is 6.08 Å². The Bertz CT molecular complexity index is 1830. The quantitative estimate of drug-likeness (QED) is 0.213. The number of benzene rings is 3. The number of rotatable bonds is 9. The summed E-state index contributed by atoms with van der Waals surface area (Å²) in [5.41, 5.74) is 4.35. The van der Waals surface area contributed by atoms with Gasteiger partial charge in [0.15, 0.2) is 16.3 Å². The molecule has 3 aromatic carbocycles. The second-order valence-electron chi connectivity index (χ2n) is 9.75. The summed E-state index contributed by atoms with van der Waals surface area (Å²) in [5.74, 6) is 0.683. The molecule has 0 saturated heterocycles. The van der Waals surface area contributed by atoms with Gasteiger partial charge >= 0.3 is 5.97 Å². The first-order valence-electron chi connectivity index (χ1n) is 13.7. The Morgan fingerprint density at radius 3 is 2.45 bits per heavy atom. The van der Waals surface area contributed by atoms with Crippen molar-refractivity contribution in [1.82, 2.24) is 4.57 Å². The zero-order valence-corrected chi connectivity index (χ0v) is 26.3. The lowest BCUT2D eigenvalue weighted by Gasteiger charge is -2.24. The number of esters is 1. The maximum absolute atomic E-state index is 14.0. The molecule has 0 radical (unpaired) electrons. The molecular weight excluding hydrogens is 616 g/mol. The molecule has 0 bridgehead atoms. The summed E-state index contributed by atoms with van der Waals surface area (Å²) >= 11 is 4.92. The fraction of sp³-hybridized carbons (Fsp3) is 0.242. The average molecular weight is 648 g/mol. The number of halogens is 1. The fourth-order valence-electron chi connectivity index (χ4n) is 4.81. The molecule has 1 aliphatic rings. The standard InChI is InChI=1S/C33H31BrN2O5S/c1-5-39-26-17-23(16-25(34)30(26)41-19-22-10-8-7-9-11-22)18-27-31(37)36-29(24-14-12-20(3)13-15-24)28(32(38)40-6-2)21(4)35-33(36)42-27/h7-18,29H,5-6,19H2,1-4H3. The minimum absolute atomic E-state index is 0.225. The van der Waals surface area contributed by atoms with Crippen molar-refractivity contribution >= 4 is 39.3 Å². The van der Waals surface area contributed by atoms with Gasteiger partial charge < -0.3 is 14.2 Å². The van der Waals surface area contributed by atoms with Crippen LogP contribution in [-0.4, -0.2) is 23.8 Å². The molecule has 4 aromatic rings. The van der Waals surface area contributed by atoms with Crippen molar-refractivity contribution < 1.29 is 19.0 Å². The van der Waals surface area contributed by atoms with E-state index in [1.165, 1.54) is 11.3 Å². The molecule has 0 fully saturated rings. The molecule has 2 heterocycles. The van der Waals surface area contributed by atoms with E-state index in [2.05, 4.69) is 20.9 Å². The first kappa shape index (κ1) is 29.5. The van der Waals surface area contributed by atoms with Crippen LogP contribution in [0.5, 0.6) is 11.5 Å². The van der Waals surface area contributed by atoms with Gasteiger partial charge in [-0.1, -0.05) is 71.5 Å². The van der Waals surface area contributed by atoms with Crippen molar-refractivity contribution in [3.8, 4) is 11.5 Å².